The first-order valence-corrected chi connectivity index (χ1v) is 10.8. The number of benzene rings is 3. The van der Waals surface area contributed by atoms with Gasteiger partial charge in [-0.3, -0.25) is 9.59 Å². The molecule has 3 aromatic carbocycles. The van der Waals surface area contributed by atoms with Crippen molar-refractivity contribution in [1.82, 2.24) is 10.3 Å². The Morgan fingerprint density at radius 1 is 0.971 bits per heavy atom. The molecule has 3 N–H and O–H groups in total. The van der Waals surface area contributed by atoms with Crippen molar-refractivity contribution in [3.8, 4) is 11.5 Å². The van der Waals surface area contributed by atoms with E-state index < -0.39 is 5.91 Å². The number of aromatic nitrogens is 1. The molecule has 1 heterocycles. The van der Waals surface area contributed by atoms with Gasteiger partial charge < -0.3 is 25.1 Å². The summed E-state index contributed by atoms with van der Waals surface area (Å²) in [5.41, 5.74) is 2.75. The van der Waals surface area contributed by atoms with Gasteiger partial charge in [0.2, 0.25) is 0 Å². The average molecular weight is 456 g/mol. The predicted molar refractivity (Wildman–Crippen MR) is 133 cm³/mol. The molecule has 0 fully saturated rings. The zero-order valence-corrected chi connectivity index (χ0v) is 18.9. The van der Waals surface area contributed by atoms with Gasteiger partial charge in [0.05, 0.1) is 13.7 Å². The zero-order valence-electron chi connectivity index (χ0n) is 18.9. The highest BCUT2D eigenvalue weighted by molar-refractivity contribution is 6.11. The van der Waals surface area contributed by atoms with Crippen molar-refractivity contribution >= 4 is 34.5 Å². The van der Waals surface area contributed by atoms with Crippen LogP contribution in [0.4, 0.5) is 5.69 Å². The number of ether oxygens (including phenoxy) is 2. The van der Waals surface area contributed by atoms with E-state index in [-0.39, 0.29) is 11.6 Å². The number of fused-ring (bicyclic) bond motifs is 1. The summed E-state index contributed by atoms with van der Waals surface area (Å²) >= 11 is 0. The van der Waals surface area contributed by atoms with E-state index in [1.54, 1.807) is 67.9 Å². The molecule has 0 unspecified atom stereocenters. The summed E-state index contributed by atoms with van der Waals surface area (Å²) in [6, 6.07) is 21.4. The maximum absolute atomic E-state index is 13.2. The number of methoxy groups -OCH3 is 1. The number of anilines is 1. The number of hydrogen-bond donors (Lipinski definition) is 3. The Balaban J connectivity index is 1.66. The van der Waals surface area contributed by atoms with Crippen LogP contribution in [-0.2, 0) is 4.79 Å². The van der Waals surface area contributed by atoms with Gasteiger partial charge in [-0.2, -0.15) is 0 Å². The fraction of sp³-hybridized carbons (Fsp3) is 0.111. The zero-order chi connectivity index (χ0) is 23.9. The maximum atomic E-state index is 13.2. The van der Waals surface area contributed by atoms with Crippen LogP contribution in [0.25, 0.3) is 17.0 Å². The highest BCUT2D eigenvalue weighted by Gasteiger charge is 2.16. The smallest absolute Gasteiger partial charge is 0.272 e. The maximum Gasteiger partial charge on any atom is 0.272 e. The SMILES string of the molecule is CCOc1ccc(NC(=O)C(=Cc2c[nH]c3ccc(OC)cc23)NC(=O)c2ccccc2)cc1. The van der Waals surface area contributed by atoms with Gasteiger partial charge in [0.25, 0.3) is 11.8 Å². The Bertz CT molecular complexity index is 1330. The number of hydrogen-bond acceptors (Lipinski definition) is 4. The van der Waals surface area contributed by atoms with Gasteiger partial charge in [0, 0.05) is 33.9 Å². The minimum atomic E-state index is -0.453. The molecule has 7 nitrogen and oxygen atoms in total. The molecule has 172 valence electrons. The van der Waals surface area contributed by atoms with Crippen LogP contribution in [-0.4, -0.2) is 30.5 Å². The van der Waals surface area contributed by atoms with E-state index in [1.807, 2.05) is 31.2 Å². The van der Waals surface area contributed by atoms with E-state index >= 15 is 0 Å². The molecule has 0 atom stereocenters. The third kappa shape index (κ3) is 5.27. The first kappa shape index (κ1) is 22.7. The first-order valence-electron chi connectivity index (χ1n) is 10.8. The topological polar surface area (TPSA) is 92.4 Å². The fourth-order valence-electron chi connectivity index (χ4n) is 3.47. The van der Waals surface area contributed by atoms with Gasteiger partial charge in [0.1, 0.15) is 17.2 Å². The molecule has 0 radical (unpaired) electrons. The van der Waals surface area contributed by atoms with Crippen LogP contribution in [0.15, 0.2) is 84.7 Å². The van der Waals surface area contributed by atoms with Gasteiger partial charge in [-0.05, 0) is 67.6 Å². The van der Waals surface area contributed by atoms with Crippen molar-refractivity contribution < 1.29 is 19.1 Å². The highest BCUT2D eigenvalue weighted by Crippen LogP contribution is 2.25. The Morgan fingerprint density at radius 2 is 1.71 bits per heavy atom. The molecular formula is C27H25N3O4. The summed E-state index contributed by atoms with van der Waals surface area (Å²) in [4.78, 5) is 29.2. The molecule has 7 heteroatoms. The average Bonchev–Trinajstić information content (AvgIpc) is 3.27. The summed E-state index contributed by atoms with van der Waals surface area (Å²) in [5.74, 6) is 0.564. The molecule has 0 spiro atoms. The summed E-state index contributed by atoms with van der Waals surface area (Å²) in [7, 11) is 1.60. The Kier molecular flexibility index (Phi) is 6.93. The van der Waals surface area contributed by atoms with E-state index in [0.717, 1.165) is 16.5 Å². The lowest BCUT2D eigenvalue weighted by Gasteiger charge is -2.12. The number of carbonyl (C=O) groups is 2. The van der Waals surface area contributed by atoms with Crippen molar-refractivity contribution in [3.05, 3.63) is 95.8 Å². The predicted octanol–water partition coefficient (Wildman–Crippen LogP) is 4.98. The number of aromatic amines is 1. The van der Waals surface area contributed by atoms with E-state index in [2.05, 4.69) is 15.6 Å². The summed E-state index contributed by atoms with van der Waals surface area (Å²) in [6.45, 7) is 2.46. The summed E-state index contributed by atoms with van der Waals surface area (Å²) in [6.07, 6.45) is 3.42. The van der Waals surface area contributed by atoms with Crippen LogP contribution in [0.5, 0.6) is 11.5 Å². The summed E-state index contributed by atoms with van der Waals surface area (Å²) in [5, 5.41) is 6.46. The van der Waals surface area contributed by atoms with E-state index in [1.165, 1.54) is 0 Å². The molecule has 0 bridgehead atoms. The Morgan fingerprint density at radius 3 is 2.41 bits per heavy atom. The lowest BCUT2D eigenvalue weighted by atomic mass is 10.1. The molecule has 2 amide bonds. The number of rotatable bonds is 8. The third-order valence-corrected chi connectivity index (χ3v) is 5.17. The molecular weight excluding hydrogens is 430 g/mol. The van der Waals surface area contributed by atoms with Crippen LogP contribution < -0.4 is 20.1 Å². The van der Waals surface area contributed by atoms with Crippen molar-refractivity contribution in [2.75, 3.05) is 19.0 Å². The monoisotopic (exact) mass is 455 g/mol. The Labute approximate surface area is 197 Å². The lowest BCUT2D eigenvalue weighted by molar-refractivity contribution is -0.113. The van der Waals surface area contributed by atoms with Crippen LogP contribution in [0.1, 0.15) is 22.8 Å². The van der Waals surface area contributed by atoms with Crippen LogP contribution in [0.2, 0.25) is 0 Å². The van der Waals surface area contributed by atoms with Crippen LogP contribution in [0, 0.1) is 0 Å². The second-order valence-electron chi connectivity index (χ2n) is 7.45. The summed E-state index contributed by atoms with van der Waals surface area (Å²) < 4.78 is 10.8. The van der Waals surface area contributed by atoms with Crippen molar-refractivity contribution in [2.45, 2.75) is 6.92 Å². The highest BCUT2D eigenvalue weighted by atomic mass is 16.5. The normalized spacial score (nSPS) is 11.2. The second kappa shape index (κ2) is 10.4. The minimum absolute atomic E-state index is 0.103. The molecule has 4 aromatic rings. The molecule has 0 saturated carbocycles. The van der Waals surface area contributed by atoms with E-state index in [0.29, 0.717) is 29.4 Å². The quantitative estimate of drug-likeness (QED) is 0.327. The van der Waals surface area contributed by atoms with Gasteiger partial charge in [-0.15, -0.1) is 0 Å². The van der Waals surface area contributed by atoms with Crippen molar-refractivity contribution in [2.24, 2.45) is 0 Å². The Hall–Kier alpha value is -4.52. The number of nitrogens with one attached hydrogen (secondary N) is 3. The van der Waals surface area contributed by atoms with Crippen LogP contribution >= 0.6 is 0 Å². The molecule has 4 rings (SSSR count). The second-order valence-corrected chi connectivity index (χ2v) is 7.45. The first-order chi connectivity index (χ1) is 16.6. The standard InChI is InChI=1S/C27H25N3O4/c1-3-34-21-11-9-20(10-12-21)29-27(32)25(30-26(31)18-7-5-4-6-8-18)15-19-17-28-24-14-13-22(33-2)16-23(19)24/h4-17,28H,3H2,1-2H3,(H,29,32)(H,30,31). The minimum Gasteiger partial charge on any atom is -0.497 e. The molecule has 34 heavy (non-hydrogen) atoms. The van der Waals surface area contributed by atoms with E-state index in [9.17, 15) is 9.59 Å². The van der Waals surface area contributed by atoms with Crippen molar-refractivity contribution in [3.63, 3.8) is 0 Å². The number of amides is 2. The molecule has 0 aliphatic heterocycles. The van der Waals surface area contributed by atoms with Gasteiger partial charge in [-0.1, -0.05) is 18.2 Å². The molecule has 1 aromatic heterocycles. The van der Waals surface area contributed by atoms with Gasteiger partial charge in [0.15, 0.2) is 0 Å². The lowest BCUT2D eigenvalue weighted by Crippen LogP contribution is -2.30. The van der Waals surface area contributed by atoms with E-state index in [4.69, 9.17) is 9.47 Å². The van der Waals surface area contributed by atoms with Crippen LogP contribution in [0.3, 0.4) is 0 Å². The van der Waals surface area contributed by atoms with Gasteiger partial charge >= 0.3 is 0 Å². The number of carbonyl (C=O) groups excluding carboxylic acids is 2. The molecule has 0 aliphatic rings. The third-order valence-electron chi connectivity index (χ3n) is 5.17. The molecule has 0 saturated heterocycles. The molecule has 0 aliphatic carbocycles. The largest absolute Gasteiger partial charge is 0.497 e. The fourth-order valence-corrected chi connectivity index (χ4v) is 3.47. The van der Waals surface area contributed by atoms with Gasteiger partial charge in [-0.25, -0.2) is 0 Å². The number of H-pyrrole nitrogens is 1. The van der Waals surface area contributed by atoms with Crippen molar-refractivity contribution in [1.29, 1.82) is 0 Å².